The molecule has 0 aliphatic heterocycles. The van der Waals surface area contributed by atoms with Crippen molar-refractivity contribution in [1.82, 2.24) is 4.34 Å². The molecule has 0 spiro atoms. The molecule has 0 amide bonds. The third-order valence-electron chi connectivity index (χ3n) is 1.77. The summed E-state index contributed by atoms with van der Waals surface area (Å²) in [5.41, 5.74) is 0.176. The fraction of sp³-hybridized carbons (Fsp3) is 0.125. The van der Waals surface area contributed by atoms with Crippen molar-refractivity contribution >= 4 is 27.8 Å². The minimum Gasteiger partial charge on any atom is -0.480 e. The molecule has 0 saturated carbocycles. The summed E-state index contributed by atoms with van der Waals surface area (Å²) in [6.45, 7) is 0. The minimum atomic E-state index is -1.12. The number of nitro groups is 1. The number of carboxylic acid groups (broad SMARTS) is 1. The second-order valence-corrected chi connectivity index (χ2v) is 3.19. The summed E-state index contributed by atoms with van der Waals surface area (Å²) in [5, 5.41) is 19.3. The topological polar surface area (TPSA) is 92.5 Å². The van der Waals surface area contributed by atoms with Gasteiger partial charge in [-0.05, 0) is 5.56 Å². The van der Waals surface area contributed by atoms with Crippen LogP contribution in [-0.4, -0.2) is 16.0 Å². The Morgan fingerprint density at radius 1 is 1.60 bits per heavy atom. The van der Waals surface area contributed by atoms with Crippen LogP contribution in [-0.2, 0) is 4.79 Å². The van der Waals surface area contributed by atoms with Crippen LogP contribution in [0, 0.1) is 10.1 Å². The highest BCUT2D eigenvalue weighted by molar-refractivity contribution is 9.08. The molecule has 0 aliphatic carbocycles. The minimum absolute atomic E-state index is 0.137. The van der Waals surface area contributed by atoms with Crippen molar-refractivity contribution in [3.63, 3.8) is 0 Å². The molecule has 7 heteroatoms. The Hall–Kier alpha value is -1.47. The average Bonchev–Trinajstić information content (AvgIpc) is 2.18. The van der Waals surface area contributed by atoms with E-state index < -0.39 is 16.9 Å². The van der Waals surface area contributed by atoms with Crippen molar-refractivity contribution in [2.75, 3.05) is 0 Å². The highest BCUT2D eigenvalue weighted by atomic mass is 79.9. The van der Waals surface area contributed by atoms with Gasteiger partial charge in [-0.25, -0.2) is 4.34 Å². The molecule has 15 heavy (non-hydrogen) atoms. The lowest BCUT2D eigenvalue weighted by Gasteiger charge is -2.09. The van der Waals surface area contributed by atoms with E-state index in [1.165, 1.54) is 24.3 Å². The molecule has 6 nitrogen and oxygen atoms in total. The van der Waals surface area contributed by atoms with E-state index >= 15 is 0 Å². The number of nitrogens with one attached hydrogen (secondary N) is 1. The third kappa shape index (κ3) is 2.74. The van der Waals surface area contributed by atoms with Gasteiger partial charge in [0.2, 0.25) is 0 Å². The lowest BCUT2D eigenvalue weighted by atomic mass is 10.1. The maximum Gasteiger partial charge on any atom is 0.326 e. The Labute approximate surface area is 93.4 Å². The van der Waals surface area contributed by atoms with Gasteiger partial charge in [0.15, 0.2) is 0 Å². The zero-order valence-corrected chi connectivity index (χ0v) is 8.97. The first-order chi connectivity index (χ1) is 7.06. The SMILES string of the molecule is O=C(O)C(NBr)c1cccc([N+](=O)[O-])c1. The van der Waals surface area contributed by atoms with Gasteiger partial charge in [-0.15, -0.1) is 0 Å². The largest absolute Gasteiger partial charge is 0.480 e. The van der Waals surface area contributed by atoms with Crippen molar-refractivity contribution in [3.8, 4) is 0 Å². The average molecular weight is 275 g/mol. The van der Waals surface area contributed by atoms with E-state index in [2.05, 4.69) is 20.5 Å². The summed E-state index contributed by atoms with van der Waals surface area (Å²) in [5.74, 6) is -1.12. The number of aliphatic carboxylic acids is 1. The van der Waals surface area contributed by atoms with E-state index in [-0.39, 0.29) is 5.69 Å². The van der Waals surface area contributed by atoms with Crippen molar-refractivity contribution in [3.05, 3.63) is 39.9 Å². The van der Waals surface area contributed by atoms with Gasteiger partial charge in [-0.2, -0.15) is 0 Å². The molecule has 80 valence electrons. The Morgan fingerprint density at radius 2 is 2.27 bits per heavy atom. The predicted molar refractivity (Wildman–Crippen MR) is 55.5 cm³/mol. The van der Waals surface area contributed by atoms with E-state index in [1.54, 1.807) is 0 Å². The maximum atomic E-state index is 10.7. The number of carbonyl (C=O) groups is 1. The van der Waals surface area contributed by atoms with Crippen LogP contribution in [0.4, 0.5) is 5.69 Å². The van der Waals surface area contributed by atoms with Gasteiger partial charge >= 0.3 is 5.97 Å². The molecule has 1 aromatic rings. The van der Waals surface area contributed by atoms with Gasteiger partial charge in [0.1, 0.15) is 6.04 Å². The standard InChI is InChI=1S/C8H7BrN2O4/c9-10-7(8(12)13)5-2-1-3-6(4-5)11(14)15/h1-4,7,10H,(H,12,13). The normalized spacial score (nSPS) is 12.1. The fourth-order valence-electron chi connectivity index (χ4n) is 1.07. The van der Waals surface area contributed by atoms with Gasteiger partial charge < -0.3 is 5.11 Å². The summed E-state index contributed by atoms with van der Waals surface area (Å²) in [4.78, 5) is 20.6. The van der Waals surface area contributed by atoms with Crippen LogP contribution in [0.25, 0.3) is 0 Å². The quantitative estimate of drug-likeness (QED) is 0.495. The monoisotopic (exact) mass is 274 g/mol. The highest BCUT2D eigenvalue weighted by Gasteiger charge is 2.20. The maximum absolute atomic E-state index is 10.7. The molecule has 0 heterocycles. The number of non-ortho nitro benzene ring substituents is 1. The molecular weight excluding hydrogens is 268 g/mol. The molecule has 0 radical (unpaired) electrons. The van der Waals surface area contributed by atoms with Crippen molar-refractivity contribution < 1.29 is 14.8 Å². The zero-order chi connectivity index (χ0) is 11.4. The Bertz CT molecular complexity index is 396. The first kappa shape index (κ1) is 11.6. The zero-order valence-electron chi connectivity index (χ0n) is 7.38. The Morgan fingerprint density at radius 3 is 2.73 bits per heavy atom. The van der Waals surface area contributed by atoms with Gasteiger partial charge in [0.05, 0.1) is 4.92 Å². The number of halogens is 1. The molecule has 1 unspecified atom stereocenters. The van der Waals surface area contributed by atoms with Crippen molar-refractivity contribution in [1.29, 1.82) is 0 Å². The molecular formula is C8H7BrN2O4. The summed E-state index contributed by atoms with van der Waals surface area (Å²) in [6.07, 6.45) is 0. The molecule has 0 bridgehead atoms. The molecule has 1 aromatic carbocycles. The number of hydrogen-bond acceptors (Lipinski definition) is 4. The van der Waals surface area contributed by atoms with Gasteiger partial charge in [-0.1, -0.05) is 12.1 Å². The lowest BCUT2D eigenvalue weighted by Crippen LogP contribution is -2.20. The van der Waals surface area contributed by atoms with Crippen LogP contribution in [0.3, 0.4) is 0 Å². The number of hydrogen-bond donors (Lipinski definition) is 2. The predicted octanol–water partition coefficient (Wildman–Crippen LogP) is 1.62. The van der Waals surface area contributed by atoms with Crippen molar-refractivity contribution in [2.24, 2.45) is 0 Å². The third-order valence-corrected chi connectivity index (χ3v) is 2.23. The lowest BCUT2D eigenvalue weighted by molar-refractivity contribution is -0.384. The van der Waals surface area contributed by atoms with E-state index in [1.807, 2.05) is 0 Å². The fourth-order valence-corrected chi connectivity index (χ4v) is 1.53. The number of benzene rings is 1. The molecule has 0 fully saturated rings. The Kier molecular flexibility index (Phi) is 3.75. The second-order valence-electron chi connectivity index (χ2n) is 2.73. The van der Waals surface area contributed by atoms with Crippen LogP contribution < -0.4 is 4.34 Å². The highest BCUT2D eigenvalue weighted by Crippen LogP contribution is 2.20. The molecule has 1 atom stereocenters. The van der Waals surface area contributed by atoms with Crippen molar-refractivity contribution in [2.45, 2.75) is 6.04 Å². The summed E-state index contributed by atoms with van der Waals surface area (Å²) >= 11 is 2.81. The van der Waals surface area contributed by atoms with E-state index in [9.17, 15) is 14.9 Å². The van der Waals surface area contributed by atoms with E-state index in [0.29, 0.717) is 5.56 Å². The van der Waals surface area contributed by atoms with Crippen LogP contribution >= 0.6 is 16.1 Å². The van der Waals surface area contributed by atoms with Crippen LogP contribution in [0.2, 0.25) is 0 Å². The Balaban J connectivity index is 3.08. The number of nitrogens with zero attached hydrogens (tertiary/aromatic N) is 1. The summed E-state index contributed by atoms with van der Waals surface area (Å²) in [6, 6.07) is 4.45. The number of rotatable bonds is 4. The smallest absolute Gasteiger partial charge is 0.326 e. The van der Waals surface area contributed by atoms with Crippen LogP contribution in [0.1, 0.15) is 11.6 Å². The summed E-state index contributed by atoms with van der Waals surface area (Å²) < 4.78 is 2.37. The van der Waals surface area contributed by atoms with Gasteiger partial charge in [-0.3, -0.25) is 14.9 Å². The summed E-state index contributed by atoms with van der Waals surface area (Å²) in [7, 11) is 0. The molecule has 1 rings (SSSR count). The molecule has 0 aromatic heterocycles. The second kappa shape index (κ2) is 4.85. The number of nitro benzene ring substituents is 1. The molecule has 0 aliphatic rings. The molecule has 2 N–H and O–H groups in total. The van der Waals surface area contributed by atoms with Gasteiger partial charge in [0.25, 0.3) is 5.69 Å². The molecule has 0 saturated heterocycles. The first-order valence-corrected chi connectivity index (χ1v) is 4.69. The van der Waals surface area contributed by atoms with Crippen LogP contribution in [0.5, 0.6) is 0 Å². The van der Waals surface area contributed by atoms with Gasteiger partial charge in [0, 0.05) is 28.3 Å². The van der Waals surface area contributed by atoms with E-state index in [4.69, 9.17) is 5.11 Å². The van der Waals surface area contributed by atoms with Crippen LogP contribution in [0.15, 0.2) is 24.3 Å². The van der Waals surface area contributed by atoms with E-state index in [0.717, 1.165) is 0 Å². The first-order valence-electron chi connectivity index (χ1n) is 3.89. The number of carboxylic acids is 1.